The zero-order valence-electron chi connectivity index (χ0n) is 11.6. The van der Waals surface area contributed by atoms with Gasteiger partial charge in [0.15, 0.2) is 0 Å². The van der Waals surface area contributed by atoms with Crippen LogP contribution in [-0.4, -0.2) is 22.7 Å². The van der Waals surface area contributed by atoms with Crippen molar-refractivity contribution in [2.24, 2.45) is 5.92 Å². The summed E-state index contributed by atoms with van der Waals surface area (Å²) in [7, 11) is 0. The van der Waals surface area contributed by atoms with Gasteiger partial charge in [0.2, 0.25) is 0 Å². The second-order valence-corrected chi connectivity index (χ2v) is 5.72. The van der Waals surface area contributed by atoms with Crippen molar-refractivity contribution >= 4 is 5.69 Å². The second-order valence-electron chi connectivity index (χ2n) is 5.72. The quantitative estimate of drug-likeness (QED) is 0.840. The largest absolute Gasteiger partial charge is 0.387 e. The lowest BCUT2D eigenvalue weighted by atomic mass is 10.1. The lowest BCUT2D eigenvalue weighted by molar-refractivity contribution is 0.194. The molecule has 1 N–H and O–H groups in total. The Hall–Kier alpha value is -1.09. The van der Waals surface area contributed by atoms with Crippen LogP contribution in [0.3, 0.4) is 0 Å². The predicted molar refractivity (Wildman–Crippen MR) is 74.7 cm³/mol. The van der Waals surface area contributed by atoms with Gasteiger partial charge in [0.1, 0.15) is 0 Å². The molecule has 0 amide bonds. The zero-order valence-corrected chi connectivity index (χ0v) is 11.6. The number of nitrogens with zero attached hydrogens (tertiary/aromatic N) is 2. The maximum Gasteiger partial charge on any atom is 0.0931 e. The van der Waals surface area contributed by atoms with Crippen molar-refractivity contribution in [2.45, 2.75) is 52.2 Å². The third-order valence-electron chi connectivity index (χ3n) is 3.47. The van der Waals surface area contributed by atoms with Crippen molar-refractivity contribution in [3.05, 3.63) is 24.0 Å². The van der Waals surface area contributed by atoms with E-state index in [9.17, 15) is 5.11 Å². The Bertz CT molecular complexity index is 369. The van der Waals surface area contributed by atoms with Gasteiger partial charge in [-0.1, -0.05) is 13.8 Å². The fraction of sp³-hybridized carbons (Fsp3) is 0.667. The standard InChI is InChI=1S/C15H24N2O/c1-11(2)8-9-17(13-4-5-13)14-6-7-15(12(3)18)16-10-14/h6-7,10-13,18H,4-5,8-9H2,1-3H3/t12-/m0/s1. The molecular weight excluding hydrogens is 224 g/mol. The first-order valence-corrected chi connectivity index (χ1v) is 6.98. The van der Waals surface area contributed by atoms with Crippen LogP contribution in [0.5, 0.6) is 0 Å². The normalized spacial score (nSPS) is 16.9. The maximum atomic E-state index is 9.47. The molecule has 0 aromatic carbocycles. The maximum absolute atomic E-state index is 9.47. The van der Waals surface area contributed by atoms with Gasteiger partial charge in [-0.3, -0.25) is 4.98 Å². The van der Waals surface area contributed by atoms with E-state index in [-0.39, 0.29) is 0 Å². The first-order chi connectivity index (χ1) is 8.58. The monoisotopic (exact) mass is 248 g/mol. The fourth-order valence-corrected chi connectivity index (χ4v) is 2.12. The number of hydrogen-bond donors (Lipinski definition) is 1. The predicted octanol–water partition coefficient (Wildman–Crippen LogP) is 3.15. The molecule has 0 spiro atoms. The van der Waals surface area contributed by atoms with Crippen LogP contribution < -0.4 is 4.90 Å². The summed E-state index contributed by atoms with van der Waals surface area (Å²) < 4.78 is 0. The van der Waals surface area contributed by atoms with Crippen LogP contribution in [0.2, 0.25) is 0 Å². The van der Waals surface area contributed by atoms with E-state index < -0.39 is 6.10 Å². The molecule has 3 heteroatoms. The van der Waals surface area contributed by atoms with Gasteiger partial charge in [0.25, 0.3) is 0 Å². The fourth-order valence-electron chi connectivity index (χ4n) is 2.12. The van der Waals surface area contributed by atoms with Crippen LogP contribution in [0.4, 0.5) is 5.69 Å². The molecule has 0 unspecified atom stereocenters. The van der Waals surface area contributed by atoms with Crippen LogP contribution in [0.15, 0.2) is 18.3 Å². The Balaban J connectivity index is 2.05. The number of hydrogen-bond acceptors (Lipinski definition) is 3. The summed E-state index contributed by atoms with van der Waals surface area (Å²) >= 11 is 0. The third kappa shape index (κ3) is 3.45. The molecule has 100 valence electrons. The van der Waals surface area contributed by atoms with Crippen LogP contribution >= 0.6 is 0 Å². The molecule has 0 saturated heterocycles. The van der Waals surface area contributed by atoms with Gasteiger partial charge in [-0.15, -0.1) is 0 Å². The molecule has 1 heterocycles. The third-order valence-corrected chi connectivity index (χ3v) is 3.47. The smallest absolute Gasteiger partial charge is 0.0931 e. The molecule has 1 aliphatic rings. The average Bonchev–Trinajstić information content (AvgIpc) is 3.14. The van der Waals surface area contributed by atoms with Crippen molar-refractivity contribution in [1.82, 2.24) is 4.98 Å². The number of aromatic nitrogens is 1. The van der Waals surface area contributed by atoms with Crippen molar-refractivity contribution in [3.63, 3.8) is 0 Å². The molecule has 2 rings (SSSR count). The van der Waals surface area contributed by atoms with E-state index in [0.29, 0.717) is 6.04 Å². The molecule has 1 atom stereocenters. The summed E-state index contributed by atoms with van der Waals surface area (Å²) in [6, 6.07) is 4.74. The summed E-state index contributed by atoms with van der Waals surface area (Å²) in [6.07, 6.45) is 5.24. The van der Waals surface area contributed by atoms with Crippen LogP contribution in [0.1, 0.15) is 51.8 Å². The minimum absolute atomic E-state index is 0.482. The van der Waals surface area contributed by atoms with Gasteiger partial charge >= 0.3 is 0 Å². The Morgan fingerprint density at radius 3 is 2.50 bits per heavy atom. The lowest BCUT2D eigenvalue weighted by Crippen LogP contribution is -2.27. The number of aliphatic hydroxyl groups is 1. The van der Waals surface area contributed by atoms with Gasteiger partial charge in [0, 0.05) is 12.6 Å². The van der Waals surface area contributed by atoms with E-state index in [1.807, 2.05) is 12.3 Å². The van der Waals surface area contributed by atoms with Gasteiger partial charge in [-0.25, -0.2) is 0 Å². The molecule has 1 saturated carbocycles. The molecule has 0 radical (unpaired) electrons. The van der Waals surface area contributed by atoms with Crippen molar-refractivity contribution in [2.75, 3.05) is 11.4 Å². The number of rotatable bonds is 6. The topological polar surface area (TPSA) is 36.4 Å². The average molecular weight is 248 g/mol. The second kappa shape index (κ2) is 5.70. The van der Waals surface area contributed by atoms with E-state index >= 15 is 0 Å². The zero-order chi connectivity index (χ0) is 13.1. The highest BCUT2D eigenvalue weighted by atomic mass is 16.3. The Labute approximate surface area is 110 Å². The van der Waals surface area contributed by atoms with Crippen molar-refractivity contribution in [3.8, 4) is 0 Å². The number of anilines is 1. The van der Waals surface area contributed by atoms with Crippen LogP contribution in [0, 0.1) is 5.92 Å². The summed E-state index contributed by atoms with van der Waals surface area (Å²) in [6.45, 7) is 7.39. The summed E-state index contributed by atoms with van der Waals surface area (Å²) in [5, 5.41) is 9.47. The molecule has 1 aromatic rings. The van der Waals surface area contributed by atoms with Gasteiger partial charge in [-0.2, -0.15) is 0 Å². The molecule has 1 aromatic heterocycles. The first kappa shape index (κ1) is 13.3. The Morgan fingerprint density at radius 2 is 2.06 bits per heavy atom. The SMILES string of the molecule is CC(C)CCN(c1ccc([C@H](C)O)nc1)C1CC1. The van der Waals surface area contributed by atoms with E-state index in [0.717, 1.165) is 18.2 Å². The summed E-state index contributed by atoms with van der Waals surface area (Å²) in [5.74, 6) is 0.732. The molecule has 3 nitrogen and oxygen atoms in total. The van der Waals surface area contributed by atoms with Crippen LogP contribution in [-0.2, 0) is 0 Å². The van der Waals surface area contributed by atoms with E-state index in [1.165, 1.54) is 24.9 Å². The molecular formula is C15H24N2O. The van der Waals surface area contributed by atoms with E-state index in [4.69, 9.17) is 0 Å². The van der Waals surface area contributed by atoms with Crippen LogP contribution in [0.25, 0.3) is 0 Å². The molecule has 18 heavy (non-hydrogen) atoms. The summed E-state index contributed by atoms with van der Waals surface area (Å²) in [4.78, 5) is 6.82. The number of aliphatic hydroxyl groups excluding tert-OH is 1. The Morgan fingerprint density at radius 1 is 1.33 bits per heavy atom. The van der Waals surface area contributed by atoms with E-state index in [1.54, 1.807) is 6.92 Å². The van der Waals surface area contributed by atoms with E-state index in [2.05, 4.69) is 29.8 Å². The molecule has 1 aliphatic carbocycles. The highest BCUT2D eigenvalue weighted by molar-refractivity contribution is 5.47. The molecule has 0 aliphatic heterocycles. The molecule has 1 fully saturated rings. The summed E-state index contributed by atoms with van der Waals surface area (Å²) in [5.41, 5.74) is 1.95. The van der Waals surface area contributed by atoms with Crippen molar-refractivity contribution < 1.29 is 5.11 Å². The minimum atomic E-state index is -0.482. The minimum Gasteiger partial charge on any atom is -0.387 e. The highest BCUT2D eigenvalue weighted by Gasteiger charge is 2.29. The van der Waals surface area contributed by atoms with Crippen molar-refractivity contribution in [1.29, 1.82) is 0 Å². The first-order valence-electron chi connectivity index (χ1n) is 6.98. The highest BCUT2D eigenvalue weighted by Crippen LogP contribution is 2.32. The Kier molecular flexibility index (Phi) is 4.23. The molecule has 0 bridgehead atoms. The van der Waals surface area contributed by atoms with Gasteiger partial charge in [0.05, 0.1) is 23.7 Å². The lowest BCUT2D eigenvalue weighted by Gasteiger charge is -2.25. The number of pyridine rings is 1. The van der Waals surface area contributed by atoms with Gasteiger partial charge in [-0.05, 0) is 44.2 Å². The van der Waals surface area contributed by atoms with Gasteiger partial charge < -0.3 is 10.0 Å².